The fourth-order valence-corrected chi connectivity index (χ4v) is 1.98. The molecule has 2 rings (SSSR count). The monoisotopic (exact) mass is 234 g/mol. The van der Waals surface area contributed by atoms with Crippen LogP contribution in [-0.2, 0) is 4.79 Å². The van der Waals surface area contributed by atoms with Crippen LogP contribution in [0, 0.1) is 0 Å². The molecule has 4 heteroatoms. The highest BCUT2D eigenvalue weighted by molar-refractivity contribution is 5.91. The molecule has 0 spiro atoms. The van der Waals surface area contributed by atoms with Crippen LogP contribution >= 0.6 is 0 Å². The van der Waals surface area contributed by atoms with Gasteiger partial charge in [0.1, 0.15) is 5.76 Å². The minimum absolute atomic E-state index is 0.0700. The van der Waals surface area contributed by atoms with Crippen molar-refractivity contribution in [2.75, 3.05) is 13.1 Å². The Kier molecular flexibility index (Phi) is 4.38. The van der Waals surface area contributed by atoms with Crippen LogP contribution < -0.4 is 10.6 Å². The molecule has 17 heavy (non-hydrogen) atoms. The topological polar surface area (TPSA) is 54.3 Å². The molecule has 0 aromatic carbocycles. The normalized spacial score (nSPS) is 19.9. The van der Waals surface area contributed by atoms with Crippen molar-refractivity contribution < 1.29 is 9.21 Å². The maximum Gasteiger partial charge on any atom is 0.244 e. The van der Waals surface area contributed by atoms with Crippen molar-refractivity contribution in [2.24, 2.45) is 0 Å². The van der Waals surface area contributed by atoms with Gasteiger partial charge in [0.2, 0.25) is 5.91 Å². The van der Waals surface area contributed by atoms with Gasteiger partial charge in [0.25, 0.3) is 0 Å². The van der Waals surface area contributed by atoms with Gasteiger partial charge in [0.15, 0.2) is 0 Å². The van der Waals surface area contributed by atoms with E-state index >= 15 is 0 Å². The number of carbonyl (C=O) groups excluding carboxylic acids is 1. The van der Waals surface area contributed by atoms with Crippen molar-refractivity contribution in [2.45, 2.75) is 25.3 Å². The lowest BCUT2D eigenvalue weighted by atomic mass is 10.1. The van der Waals surface area contributed by atoms with Gasteiger partial charge in [-0.05, 0) is 44.0 Å². The molecule has 0 aliphatic carbocycles. The summed E-state index contributed by atoms with van der Waals surface area (Å²) in [5.41, 5.74) is 0. The van der Waals surface area contributed by atoms with Gasteiger partial charge in [0.05, 0.1) is 6.26 Å². The second kappa shape index (κ2) is 6.25. The molecular formula is C13H18N2O2. The van der Waals surface area contributed by atoms with Crippen molar-refractivity contribution in [1.82, 2.24) is 10.6 Å². The number of furan rings is 1. The van der Waals surface area contributed by atoms with Gasteiger partial charge in [-0.25, -0.2) is 0 Å². The lowest BCUT2D eigenvalue weighted by molar-refractivity contribution is -0.116. The molecule has 0 radical (unpaired) electrons. The summed E-state index contributed by atoms with van der Waals surface area (Å²) in [4.78, 5) is 11.5. The maximum absolute atomic E-state index is 11.5. The van der Waals surface area contributed by atoms with Gasteiger partial charge in [-0.1, -0.05) is 0 Å². The Bertz CT molecular complexity index is 365. The first-order valence-corrected chi connectivity index (χ1v) is 6.07. The quantitative estimate of drug-likeness (QED) is 0.760. The van der Waals surface area contributed by atoms with Crippen LogP contribution in [0.15, 0.2) is 28.9 Å². The first-order chi connectivity index (χ1) is 8.34. The molecule has 2 heterocycles. The zero-order valence-corrected chi connectivity index (χ0v) is 9.82. The highest BCUT2D eigenvalue weighted by atomic mass is 16.3. The highest BCUT2D eigenvalue weighted by Crippen LogP contribution is 2.07. The third kappa shape index (κ3) is 4.07. The molecule has 4 nitrogen and oxygen atoms in total. The highest BCUT2D eigenvalue weighted by Gasteiger charge is 2.12. The van der Waals surface area contributed by atoms with Crippen LogP contribution in [0.4, 0.5) is 0 Å². The third-order valence-electron chi connectivity index (χ3n) is 2.90. The SMILES string of the molecule is O=C(/C=C/c1ccco1)NCCC1CCCN1. The fraction of sp³-hybridized carbons (Fsp3) is 0.462. The zero-order chi connectivity index (χ0) is 11.9. The Hall–Kier alpha value is -1.55. The van der Waals surface area contributed by atoms with E-state index in [2.05, 4.69) is 10.6 Å². The van der Waals surface area contributed by atoms with Crippen molar-refractivity contribution >= 4 is 12.0 Å². The van der Waals surface area contributed by atoms with Crippen molar-refractivity contribution in [3.8, 4) is 0 Å². The molecular weight excluding hydrogens is 216 g/mol. The lowest BCUT2D eigenvalue weighted by Crippen LogP contribution is -2.29. The Morgan fingerprint density at radius 3 is 3.29 bits per heavy atom. The first-order valence-electron chi connectivity index (χ1n) is 6.07. The Labute approximate surface area is 101 Å². The number of carbonyl (C=O) groups is 1. The molecule has 1 saturated heterocycles. The Morgan fingerprint density at radius 2 is 2.59 bits per heavy atom. The number of rotatable bonds is 5. The van der Waals surface area contributed by atoms with Crippen molar-refractivity contribution in [1.29, 1.82) is 0 Å². The average molecular weight is 234 g/mol. The van der Waals surface area contributed by atoms with E-state index in [1.165, 1.54) is 18.9 Å². The largest absolute Gasteiger partial charge is 0.465 e. The van der Waals surface area contributed by atoms with Gasteiger partial charge < -0.3 is 15.1 Å². The van der Waals surface area contributed by atoms with Gasteiger partial charge in [-0.3, -0.25) is 4.79 Å². The minimum atomic E-state index is -0.0700. The van der Waals surface area contributed by atoms with E-state index in [-0.39, 0.29) is 5.91 Å². The third-order valence-corrected chi connectivity index (χ3v) is 2.90. The average Bonchev–Trinajstić information content (AvgIpc) is 2.99. The van der Waals surface area contributed by atoms with E-state index in [0.29, 0.717) is 11.8 Å². The summed E-state index contributed by atoms with van der Waals surface area (Å²) in [6.07, 6.45) is 8.23. The number of hydrogen-bond acceptors (Lipinski definition) is 3. The molecule has 1 aromatic rings. The first kappa shape index (κ1) is 11.9. The summed E-state index contributed by atoms with van der Waals surface area (Å²) in [5.74, 6) is 0.622. The van der Waals surface area contributed by atoms with Crippen LogP contribution in [0.3, 0.4) is 0 Å². The molecule has 1 aliphatic heterocycles. The summed E-state index contributed by atoms with van der Waals surface area (Å²) in [7, 11) is 0. The standard InChI is InChI=1S/C13H18N2O2/c16-13(6-5-12-4-2-10-17-12)15-9-7-11-3-1-8-14-11/h2,4-6,10-11,14H,1,3,7-9H2,(H,15,16)/b6-5+. The second-order valence-electron chi connectivity index (χ2n) is 4.22. The van der Waals surface area contributed by atoms with Gasteiger partial charge in [-0.2, -0.15) is 0 Å². The van der Waals surface area contributed by atoms with E-state index in [9.17, 15) is 4.79 Å². The summed E-state index contributed by atoms with van der Waals surface area (Å²) >= 11 is 0. The summed E-state index contributed by atoms with van der Waals surface area (Å²) in [6, 6.07) is 4.18. The number of hydrogen-bond donors (Lipinski definition) is 2. The second-order valence-corrected chi connectivity index (χ2v) is 4.22. The molecule has 1 fully saturated rings. The molecule has 2 N–H and O–H groups in total. The van der Waals surface area contributed by atoms with Crippen LogP contribution in [0.2, 0.25) is 0 Å². The Morgan fingerprint density at radius 1 is 1.65 bits per heavy atom. The fourth-order valence-electron chi connectivity index (χ4n) is 1.98. The summed E-state index contributed by atoms with van der Waals surface area (Å²) in [5, 5.41) is 6.26. The molecule has 1 amide bonds. The van der Waals surface area contributed by atoms with E-state index in [1.54, 1.807) is 18.4 Å². The smallest absolute Gasteiger partial charge is 0.244 e. The van der Waals surface area contributed by atoms with E-state index < -0.39 is 0 Å². The molecule has 0 saturated carbocycles. The number of nitrogens with one attached hydrogen (secondary N) is 2. The maximum atomic E-state index is 11.5. The number of amides is 1. The van der Waals surface area contributed by atoms with E-state index in [4.69, 9.17) is 4.42 Å². The van der Waals surface area contributed by atoms with Crippen LogP contribution in [0.5, 0.6) is 0 Å². The van der Waals surface area contributed by atoms with Crippen molar-refractivity contribution in [3.05, 3.63) is 30.2 Å². The zero-order valence-electron chi connectivity index (χ0n) is 9.82. The molecule has 1 aliphatic rings. The van der Waals surface area contributed by atoms with Crippen LogP contribution in [-0.4, -0.2) is 25.0 Å². The lowest BCUT2D eigenvalue weighted by Gasteiger charge is -2.09. The predicted molar refractivity (Wildman–Crippen MR) is 66.4 cm³/mol. The molecule has 92 valence electrons. The summed E-state index contributed by atoms with van der Waals surface area (Å²) < 4.78 is 5.09. The predicted octanol–water partition coefficient (Wildman–Crippen LogP) is 1.55. The van der Waals surface area contributed by atoms with Crippen LogP contribution in [0.25, 0.3) is 6.08 Å². The van der Waals surface area contributed by atoms with Gasteiger partial charge >= 0.3 is 0 Å². The van der Waals surface area contributed by atoms with Gasteiger partial charge in [0, 0.05) is 18.7 Å². The molecule has 1 unspecified atom stereocenters. The van der Waals surface area contributed by atoms with Crippen LogP contribution in [0.1, 0.15) is 25.0 Å². The molecule has 1 atom stereocenters. The minimum Gasteiger partial charge on any atom is -0.465 e. The Balaban J connectivity index is 1.63. The molecule has 0 bridgehead atoms. The van der Waals surface area contributed by atoms with E-state index in [0.717, 1.165) is 19.5 Å². The molecule has 1 aromatic heterocycles. The summed E-state index contributed by atoms with van der Waals surface area (Å²) in [6.45, 7) is 1.83. The van der Waals surface area contributed by atoms with Gasteiger partial charge in [-0.15, -0.1) is 0 Å². The van der Waals surface area contributed by atoms with E-state index in [1.807, 2.05) is 6.07 Å². The van der Waals surface area contributed by atoms with Crippen molar-refractivity contribution in [3.63, 3.8) is 0 Å².